The van der Waals surface area contributed by atoms with E-state index in [9.17, 15) is 5.21 Å². The standard InChI is InChI=1S/C26H24N2O7/c1-15(27-29)16-5-11-19(12-6-16)34-25-23(32-3)14-22-24(26(25)33-4)20(28-30)13-21(35-22)17-7-9-18(31-2)10-8-17/h5-14,29-30H,1-4H3. The molecule has 0 amide bonds. The average molecular weight is 476 g/mol. The van der Waals surface area contributed by atoms with Gasteiger partial charge in [0, 0.05) is 17.7 Å². The Bertz CT molecular complexity index is 1440. The van der Waals surface area contributed by atoms with Gasteiger partial charge in [-0.25, -0.2) is 0 Å². The minimum absolute atomic E-state index is 0.228. The Kier molecular flexibility index (Phi) is 6.77. The molecule has 180 valence electrons. The second-order valence-corrected chi connectivity index (χ2v) is 7.45. The van der Waals surface area contributed by atoms with Crippen LogP contribution >= 0.6 is 0 Å². The highest BCUT2D eigenvalue weighted by atomic mass is 16.5. The predicted molar refractivity (Wildman–Crippen MR) is 129 cm³/mol. The molecule has 35 heavy (non-hydrogen) atoms. The molecule has 0 aliphatic rings. The van der Waals surface area contributed by atoms with E-state index >= 15 is 0 Å². The second kappa shape index (κ2) is 10.1. The lowest BCUT2D eigenvalue weighted by atomic mass is 10.1. The van der Waals surface area contributed by atoms with Crippen LogP contribution in [0.2, 0.25) is 0 Å². The molecule has 0 saturated heterocycles. The number of methoxy groups -OCH3 is 3. The molecule has 3 aromatic carbocycles. The number of hydrogen-bond acceptors (Lipinski definition) is 9. The zero-order valence-electron chi connectivity index (χ0n) is 19.6. The van der Waals surface area contributed by atoms with Crippen molar-refractivity contribution in [1.82, 2.24) is 0 Å². The van der Waals surface area contributed by atoms with Gasteiger partial charge in [0.05, 0.1) is 32.4 Å². The lowest BCUT2D eigenvalue weighted by molar-refractivity contribution is 0.301. The number of oxime groups is 1. The number of hydrogen-bond donors (Lipinski definition) is 2. The molecule has 0 saturated carbocycles. The van der Waals surface area contributed by atoms with E-state index in [1.807, 2.05) is 24.3 Å². The second-order valence-electron chi connectivity index (χ2n) is 7.45. The van der Waals surface area contributed by atoms with Gasteiger partial charge in [-0.1, -0.05) is 10.3 Å². The topological polar surface area (TPSA) is 115 Å². The third kappa shape index (κ3) is 4.56. The van der Waals surface area contributed by atoms with Crippen molar-refractivity contribution >= 4 is 16.7 Å². The SMILES string of the molecule is COc1ccc(-c2cc(=NO)c3c(OC)c(Oc4ccc(C(C)=NO)cc4)c(OC)cc3o2)cc1. The van der Waals surface area contributed by atoms with Crippen molar-refractivity contribution in [3.8, 4) is 40.1 Å². The molecule has 0 bridgehead atoms. The maximum Gasteiger partial charge on any atom is 0.212 e. The highest BCUT2D eigenvalue weighted by Crippen LogP contribution is 2.45. The number of benzene rings is 3. The first-order valence-electron chi connectivity index (χ1n) is 10.5. The Balaban J connectivity index is 1.86. The Labute approximate surface area is 201 Å². The van der Waals surface area contributed by atoms with Crippen molar-refractivity contribution < 1.29 is 33.8 Å². The molecule has 0 radical (unpaired) electrons. The zero-order valence-corrected chi connectivity index (χ0v) is 19.6. The van der Waals surface area contributed by atoms with Crippen LogP contribution in [0.15, 0.2) is 75.4 Å². The number of rotatable bonds is 7. The summed E-state index contributed by atoms with van der Waals surface area (Å²) in [4.78, 5) is 0. The maximum atomic E-state index is 9.83. The van der Waals surface area contributed by atoms with Gasteiger partial charge in [-0.05, 0) is 61.0 Å². The predicted octanol–water partition coefficient (Wildman–Crippen LogP) is 5.41. The van der Waals surface area contributed by atoms with E-state index in [1.54, 1.807) is 50.4 Å². The van der Waals surface area contributed by atoms with Crippen molar-refractivity contribution in [2.24, 2.45) is 10.3 Å². The molecule has 0 spiro atoms. The summed E-state index contributed by atoms with van der Waals surface area (Å²) >= 11 is 0. The molecular formula is C26H24N2O7. The zero-order chi connectivity index (χ0) is 24.9. The van der Waals surface area contributed by atoms with Crippen LogP contribution in [0.25, 0.3) is 22.3 Å². The molecule has 4 rings (SSSR count). The van der Waals surface area contributed by atoms with Gasteiger partial charge in [-0.2, -0.15) is 0 Å². The minimum Gasteiger partial charge on any atom is -0.497 e. The summed E-state index contributed by atoms with van der Waals surface area (Å²) in [6.07, 6.45) is 0. The molecule has 0 aliphatic heterocycles. The van der Waals surface area contributed by atoms with Crippen molar-refractivity contribution in [1.29, 1.82) is 0 Å². The van der Waals surface area contributed by atoms with Crippen molar-refractivity contribution in [3.05, 3.63) is 71.6 Å². The monoisotopic (exact) mass is 476 g/mol. The van der Waals surface area contributed by atoms with Crippen LogP contribution < -0.4 is 24.3 Å². The highest BCUT2D eigenvalue weighted by molar-refractivity contribution is 5.98. The molecule has 4 aromatic rings. The largest absolute Gasteiger partial charge is 0.497 e. The Morgan fingerprint density at radius 2 is 1.49 bits per heavy atom. The molecule has 0 fully saturated rings. The summed E-state index contributed by atoms with van der Waals surface area (Å²) in [6, 6.07) is 17.5. The number of fused-ring (bicyclic) bond motifs is 1. The highest BCUT2D eigenvalue weighted by Gasteiger charge is 2.22. The van der Waals surface area contributed by atoms with Gasteiger partial charge in [0.15, 0.2) is 11.5 Å². The first-order valence-corrected chi connectivity index (χ1v) is 10.5. The van der Waals surface area contributed by atoms with E-state index < -0.39 is 0 Å². The third-order valence-electron chi connectivity index (χ3n) is 5.46. The van der Waals surface area contributed by atoms with Crippen molar-refractivity contribution in [3.63, 3.8) is 0 Å². The Morgan fingerprint density at radius 3 is 2.06 bits per heavy atom. The Morgan fingerprint density at radius 1 is 0.800 bits per heavy atom. The van der Waals surface area contributed by atoms with Gasteiger partial charge in [0.2, 0.25) is 5.75 Å². The van der Waals surface area contributed by atoms with Crippen LogP contribution in [0.3, 0.4) is 0 Å². The quantitative estimate of drug-likeness (QED) is 0.208. The molecule has 9 heteroatoms. The fraction of sp³-hybridized carbons (Fsp3) is 0.154. The van der Waals surface area contributed by atoms with Crippen LogP contribution in [-0.2, 0) is 0 Å². The number of nitrogens with zero attached hydrogens (tertiary/aromatic N) is 2. The van der Waals surface area contributed by atoms with Crippen LogP contribution in [-0.4, -0.2) is 37.5 Å². The molecule has 2 N–H and O–H groups in total. The van der Waals surface area contributed by atoms with Crippen LogP contribution in [0.4, 0.5) is 0 Å². The van der Waals surface area contributed by atoms with Crippen molar-refractivity contribution in [2.45, 2.75) is 6.92 Å². The smallest absolute Gasteiger partial charge is 0.212 e. The maximum absolute atomic E-state index is 9.83. The van der Waals surface area contributed by atoms with E-state index in [0.29, 0.717) is 39.7 Å². The third-order valence-corrected chi connectivity index (χ3v) is 5.46. The lowest BCUT2D eigenvalue weighted by Gasteiger charge is -2.17. The molecule has 9 nitrogen and oxygen atoms in total. The van der Waals surface area contributed by atoms with Crippen LogP contribution in [0.5, 0.6) is 28.7 Å². The molecule has 1 aromatic heterocycles. The fourth-order valence-corrected chi connectivity index (χ4v) is 3.62. The summed E-state index contributed by atoms with van der Waals surface area (Å²) in [6.45, 7) is 1.69. The fourth-order valence-electron chi connectivity index (χ4n) is 3.62. The minimum atomic E-state index is 0.228. The summed E-state index contributed by atoms with van der Waals surface area (Å²) in [5.41, 5.74) is 2.35. The first-order chi connectivity index (χ1) is 17.0. The normalized spacial score (nSPS) is 12.0. The summed E-state index contributed by atoms with van der Waals surface area (Å²) in [5.74, 6) is 2.58. The summed E-state index contributed by atoms with van der Waals surface area (Å²) in [7, 11) is 4.57. The molecule has 0 aliphatic carbocycles. The van der Waals surface area contributed by atoms with E-state index in [4.69, 9.17) is 28.6 Å². The molecule has 1 heterocycles. The van der Waals surface area contributed by atoms with E-state index in [-0.39, 0.29) is 16.9 Å². The van der Waals surface area contributed by atoms with Gasteiger partial charge in [-0.15, -0.1) is 0 Å². The van der Waals surface area contributed by atoms with Gasteiger partial charge in [-0.3, -0.25) is 0 Å². The number of ether oxygens (including phenoxy) is 4. The van der Waals surface area contributed by atoms with Gasteiger partial charge in [0.25, 0.3) is 0 Å². The summed E-state index contributed by atoms with van der Waals surface area (Å²) < 4.78 is 28.7. The Hall–Kier alpha value is -4.66. The van der Waals surface area contributed by atoms with Gasteiger partial charge >= 0.3 is 0 Å². The van der Waals surface area contributed by atoms with Gasteiger partial charge in [0.1, 0.15) is 28.2 Å². The molecule has 0 unspecified atom stereocenters. The first kappa shape index (κ1) is 23.5. The summed E-state index contributed by atoms with van der Waals surface area (Å²) in [5, 5.41) is 26.1. The van der Waals surface area contributed by atoms with E-state index in [0.717, 1.165) is 11.1 Å². The van der Waals surface area contributed by atoms with E-state index in [2.05, 4.69) is 10.3 Å². The van der Waals surface area contributed by atoms with E-state index in [1.165, 1.54) is 14.2 Å². The van der Waals surface area contributed by atoms with Crippen LogP contribution in [0.1, 0.15) is 12.5 Å². The molecular weight excluding hydrogens is 452 g/mol. The molecule has 0 atom stereocenters. The average Bonchev–Trinajstić information content (AvgIpc) is 2.92. The van der Waals surface area contributed by atoms with Crippen molar-refractivity contribution in [2.75, 3.05) is 21.3 Å². The van der Waals surface area contributed by atoms with Crippen LogP contribution in [0, 0.1) is 0 Å². The lowest BCUT2D eigenvalue weighted by Crippen LogP contribution is -2.07. The van der Waals surface area contributed by atoms with Gasteiger partial charge < -0.3 is 33.8 Å².